The fraction of sp³-hybridized carbons (Fsp3) is 0.909. The lowest BCUT2D eigenvalue weighted by atomic mass is 9.69. The monoisotopic (exact) mass is 182 g/mol. The van der Waals surface area contributed by atoms with E-state index in [2.05, 4.69) is 13.8 Å². The van der Waals surface area contributed by atoms with Crippen LogP contribution in [0.5, 0.6) is 0 Å². The highest BCUT2D eigenvalue weighted by molar-refractivity contribution is 5.64. The molecule has 2 nitrogen and oxygen atoms in total. The maximum absolute atomic E-state index is 11.3. The highest BCUT2D eigenvalue weighted by Gasteiger charge is 2.64. The lowest BCUT2D eigenvalue weighted by molar-refractivity contribution is -0.128. The largest absolute Gasteiger partial charge is 0.380 e. The summed E-state index contributed by atoms with van der Waals surface area (Å²) in [6, 6.07) is 0. The molecule has 74 valence electrons. The van der Waals surface area contributed by atoms with Crippen molar-refractivity contribution in [2.45, 2.75) is 39.2 Å². The third-order valence-corrected chi connectivity index (χ3v) is 4.69. The number of carbonyl (C=O) groups is 1. The van der Waals surface area contributed by atoms with Crippen LogP contribution in [0.1, 0.15) is 33.1 Å². The van der Waals surface area contributed by atoms with E-state index in [1.807, 2.05) is 0 Å². The van der Waals surface area contributed by atoms with Gasteiger partial charge in [-0.05, 0) is 30.6 Å². The number of hydrogen-bond donors (Lipinski definition) is 0. The Morgan fingerprint density at radius 2 is 2.15 bits per heavy atom. The molecule has 3 atom stereocenters. The highest BCUT2D eigenvalue weighted by atomic mass is 16.5. The van der Waals surface area contributed by atoms with E-state index in [1.54, 1.807) is 7.11 Å². The molecule has 0 aromatic rings. The lowest BCUT2D eigenvalue weighted by Crippen LogP contribution is -2.41. The lowest BCUT2D eigenvalue weighted by Gasteiger charge is -2.36. The van der Waals surface area contributed by atoms with Crippen molar-refractivity contribution >= 4 is 6.29 Å². The van der Waals surface area contributed by atoms with Crippen LogP contribution in [-0.4, -0.2) is 19.5 Å². The molecule has 2 heteroatoms. The molecule has 2 saturated carbocycles. The SMILES string of the molecule is COC1CC2CCC1(C=O)C2(C)C. The Morgan fingerprint density at radius 3 is 2.54 bits per heavy atom. The molecular formula is C11H18O2. The highest BCUT2D eigenvalue weighted by Crippen LogP contribution is 2.65. The van der Waals surface area contributed by atoms with Crippen LogP contribution in [0, 0.1) is 16.7 Å². The van der Waals surface area contributed by atoms with Gasteiger partial charge in [0.2, 0.25) is 0 Å². The third-order valence-electron chi connectivity index (χ3n) is 4.69. The molecule has 0 radical (unpaired) electrons. The molecule has 0 heterocycles. The number of fused-ring (bicyclic) bond motifs is 2. The molecule has 0 N–H and O–H groups in total. The summed E-state index contributed by atoms with van der Waals surface area (Å²) in [6.45, 7) is 4.44. The van der Waals surface area contributed by atoms with Gasteiger partial charge in [0.1, 0.15) is 6.29 Å². The molecule has 2 bridgehead atoms. The molecule has 3 unspecified atom stereocenters. The van der Waals surface area contributed by atoms with E-state index in [1.165, 1.54) is 6.42 Å². The molecule has 0 aliphatic heterocycles. The summed E-state index contributed by atoms with van der Waals surface area (Å²) in [5.41, 5.74) is -0.0398. The first kappa shape index (κ1) is 9.20. The minimum absolute atomic E-state index is 0.148. The van der Waals surface area contributed by atoms with Gasteiger partial charge in [-0.3, -0.25) is 0 Å². The summed E-state index contributed by atoms with van der Waals surface area (Å²) in [6.07, 6.45) is 4.62. The van der Waals surface area contributed by atoms with Crippen molar-refractivity contribution in [2.24, 2.45) is 16.7 Å². The summed E-state index contributed by atoms with van der Waals surface area (Å²) in [4.78, 5) is 11.3. The Bertz CT molecular complexity index is 234. The second-order valence-electron chi connectivity index (χ2n) is 5.08. The Kier molecular flexibility index (Phi) is 1.82. The average molecular weight is 182 g/mol. The molecule has 13 heavy (non-hydrogen) atoms. The van der Waals surface area contributed by atoms with Crippen molar-refractivity contribution < 1.29 is 9.53 Å². The predicted molar refractivity (Wildman–Crippen MR) is 50.4 cm³/mol. The first-order valence-electron chi connectivity index (χ1n) is 5.07. The molecule has 0 spiro atoms. The van der Waals surface area contributed by atoms with Crippen molar-refractivity contribution in [3.05, 3.63) is 0 Å². The number of rotatable bonds is 2. The summed E-state index contributed by atoms with van der Waals surface area (Å²) in [5, 5.41) is 0. The summed E-state index contributed by atoms with van der Waals surface area (Å²) >= 11 is 0. The van der Waals surface area contributed by atoms with E-state index in [0.29, 0.717) is 5.92 Å². The van der Waals surface area contributed by atoms with Crippen LogP contribution in [-0.2, 0) is 9.53 Å². The molecule has 0 saturated heterocycles. The van der Waals surface area contributed by atoms with Gasteiger partial charge in [0.05, 0.1) is 11.5 Å². The van der Waals surface area contributed by atoms with Crippen molar-refractivity contribution in [1.29, 1.82) is 0 Å². The number of methoxy groups -OCH3 is 1. The van der Waals surface area contributed by atoms with Gasteiger partial charge in [0, 0.05) is 7.11 Å². The maximum atomic E-state index is 11.3. The number of carbonyl (C=O) groups excluding carboxylic acids is 1. The Labute approximate surface area is 79.7 Å². The van der Waals surface area contributed by atoms with E-state index in [0.717, 1.165) is 19.1 Å². The van der Waals surface area contributed by atoms with Crippen LogP contribution in [0.2, 0.25) is 0 Å². The zero-order chi connectivity index (χ0) is 9.69. The molecule has 2 rings (SSSR count). The van der Waals surface area contributed by atoms with E-state index in [9.17, 15) is 4.79 Å². The van der Waals surface area contributed by atoms with Gasteiger partial charge in [0.15, 0.2) is 0 Å². The van der Waals surface area contributed by atoms with Crippen molar-refractivity contribution in [2.75, 3.05) is 7.11 Å². The van der Waals surface area contributed by atoms with E-state index in [-0.39, 0.29) is 16.9 Å². The first-order chi connectivity index (χ1) is 6.08. The second kappa shape index (κ2) is 2.57. The second-order valence-corrected chi connectivity index (χ2v) is 5.08. The van der Waals surface area contributed by atoms with Gasteiger partial charge in [-0.2, -0.15) is 0 Å². The van der Waals surface area contributed by atoms with Gasteiger partial charge in [-0.15, -0.1) is 0 Å². The summed E-state index contributed by atoms with van der Waals surface area (Å²) < 4.78 is 5.44. The number of ether oxygens (including phenoxy) is 1. The zero-order valence-electron chi connectivity index (χ0n) is 8.67. The Morgan fingerprint density at radius 1 is 1.46 bits per heavy atom. The zero-order valence-corrected chi connectivity index (χ0v) is 8.67. The minimum atomic E-state index is -0.188. The van der Waals surface area contributed by atoms with E-state index >= 15 is 0 Å². The normalized spacial score (nSPS) is 46.7. The fourth-order valence-electron chi connectivity index (χ4n) is 3.53. The van der Waals surface area contributed by atoms with Crippen molar-refractivity contribution in [3.63, 3.8) is 0 Å². The maximum Gasteiger partial charge on any atom is 0.129 e. The molecule has 2 aliphatic rings. The minimum Gasteiger partial charge on any atom is -0.380 e. The molecular weight excluding hydrogens is 164 g/mol. The number of aldehydes is 1. The molecule has 0 aromatic heterocycles. The van der Waals surface area contributed by atoms with Gasteiger partial charge < -0.3 is 9.53 Å². The van der Waals surface area contributed by atoms with Gasteiger partial charge in [0.25, 0.3) is 0 Å². The van der Waals surface area contributed by atoms with Gasteiger partial charge in [-0.25, -0.2) is 0 Å². The van der Waals surface area contributed by atoms with Crippen LogP contribution in [0.4, 0.5) is 0 Å². The first-order valence-corrected chi connectivity index (χ1v) is 5.07. The van der Waals surface area contributed by atoms with Crippen LogP contribution < -0.4 is 0 Å². The quantitative estimate of drug-likeness (QED) is 0.611. The van der Waals surface area contributed by atoms with Crippen molar-refractivity contribution in [1.82, 2.24) is 0 Å². The smallest absolute Gasteiger partial charge is 0.129 e. The van der Waals surface area contributed by atoms with Gasteiger partial charge in [-0.1, -0.05) is 13.8 Å². The molecule has 0 amide bonds. The number of hydrogen-bond acceptors (Lipinski definition) is 2. The Hall–Kier alpha value is -0.370. The predicted octanol–water partition coefficient (Wildman–Crippen LogP) is 2.03. The Balaban J connectivity index is 2.41. The fourth-order valence-corrected chi connectivity index (χ4v) is 3.53. The van der Waals surface area contributed by atoms with Gasteiger partial charge >= 0.3 is 0 Å². The molecule has 2 aliphatic carbocycles. The van der Waals surface area contributed by atoms with Crippen LogP contribution in [0.25, 0.3) is 0 Å². The van der Waals surface area contributed by atoms with Crippen LogP contribution in [0.3, 0.4) is 0 Å². The van der Waals surface area contributed by atoms with Crippen LogP contribution >= 0.6 is 0 Å². The van der Waals surface area contributed by atoms with E-state index in [4.69, 9.17) is 4.74 Å². The topological polar surface area (TPSA) is 26.3 Å². The van der Waals surface area contributed by atoms with E-state index < -0.39 is 0 Å². The van der Waals surface area contributed by atoms with Crippen LogP contribution in [0.15, 0.2) is 0 Å². The standard InChI is InChI=1S/C11H18O2/c1-10(2)8-4-5-11(10,7-12)9(6-8)13-3/h7-9H,4-6H2,1-3H3. The van der Waals surface area contributed by atoms with Crippen molar-refractivity contribution in [3.8, 4) is 0 Å². The average Bonchev–Trinajstić information content (AvgIpc) is 2.50. The molecule has 2 fully saturated rings. The molecule has 0 aromatic carbocycles. The summed E-state index contributed by atoms with van der Waals surface area (Å²) in [5.74, 6) is 0.683. The summed E-state index contributed by atoms with van der Waals surface area (Å²) in [7, 11) is 1.73. The third kappa shape index (κ3) is 0.850.